The van der Waals surface area contributed by atoms with E-state index in [1.54, 1.807) is 6.92 Å². The molecule has 0 saturated heterocycles. The number of ether oxygens (including phenoxy) is 1. The Hall–Kier alpha value is -2.29. The van der Waals surface area contributed by atoms with Crippen LogP contribution in [-0.2, 0) is 15.7 Å². The lowest BCUT2D eigenvalue weighted by molar-refractivity contribution is -0.141. The molecule has 0 heterocycles. The number of hydrogen-bond acceptors (Lipinski definition) is 3. The fourth-order valence-electron chi connectivity index (χ4n) is 1.40. The third-order valence-electron chi connectivity index (χ3n) is 2.25. The summed E-state index contributed by atoms with van der Waals surface area (Å²) in [6.45, 7) is 1.80. The Morgan fingerprint density at radius 1 is 1.40 bits per heavy atom. The first-order valence-corrected chi connectivity index (χ1v) is 5.69. The highest BCUT2D eigenvalue weighted by Gasteiger charge is 2.33. The van der Waals surface area contributed by atoms with E-state index >= 15 is 0 Å². The number of esters is 1. The van der Waals surface area contributed by atoms with Crippen LogP contribution in [0, 0.1) is 11.8 Å². The summed E-state index contributed by atoms with van der Waals surface area (Å²) in [7, 11) is 0. The van der Waals surface area contributed by atoms with Crippen molar-refractivity contribution in [1.82, 2.24) is 0 Å². The molecular formula is C14H11F3O3. The lowest BCUT2D eigenvalue weighted by atomic mass is 10.0. The van der Waals surface area contributed by atoms with Gasteiger partial charge in [-0.25, -0.2) is 0 Å². The van der Waals surface area contributed by atoms with E-state index in [1.165, 1.54) is 6.07 Å². The van der Waals surface area contributed by atoms with E-state index in [4.69, 9.17) is 0 Å². The smallest absolute Gasteiger partial charge is 0.417 e. The summed E-state index contributed by atoms with van der Waals surface area (Å²) in [4.78, 5) is 21.5. The lowest BCUT2D eigenvalue weighted by Gasteiger charge is -2.09. The molecular weight excluding hydrogens is 273 g/mol. The summed E-state index contributed by atoms with van der Waals surface area (Å²) < 4.78 is 43.0. The highest BCUT2D eigenvalue weighted by molar-refractivity contribution is 5.76. The zero-order valence-electron chi connectivity index (χ0n) is 10.6. The topological polar surface area (TPSA) is 43.4 Å². The van der Waals surface area contributed by atoms with Gasteiger partial charge in [-0.2, -0.15) is 13.2 Å². The predicted molar refractivity (Wildman–Crippen MR) is 65.0 cm³/mol. The average molecular weight is 284 g/mol. The van der Waals surface area contributed by atoms with Crippen molar-refractivity contribution in [2.45, 2.75) is 19.5 Å². The number of carbonyl (C=O) groups excluding carboxylic acids is 2. The SMILES string of the molecule is CCOC(=O)CC#Cc1ccc(C=O)cc1C(F)(F)F. The minimum atomic E-state index is -4.62. The van der Waals surface area contributed by atoms with E-state index < -0.39 is 17.7 Å². The van der Waals surface area contributed by atoms with Crippen molar-refractivity contribution >= 4 is 12.3 Å². The van der Waals surface area contributed by atoms with Crippen molar-refractivity contribution in [2.24, 2.45) is 0 Å². The van der Waals surface area contributed by atoms with Crippen molar-refractivity contribution in [2.75, 3.05) is 6.61 Å². The zero-order valence-corrected chi connectivity index (χ0v) is 10.6. The summed E-state index contributed by atoms with van der Waals surface area (Å²) in [6, 6.07) is 3.06. The van der Waals surface area contributed by atoms with Crippen LogP contribution < -0.4 is 0 Å². The van der Waals surface area contributed by atoms with Crippen LogP contribution >= 0.6 is 0 Å². The van der Waals surface area contributed by atoms with Crippen LogP contribution in [0.3, 0.4) is 0 Å². The van der Waals surface area contributed by atoms with E-state index in [2.05, 4.69) is 16.6 Å². The van der Waals surface area contributed by atoms with Gasteiger partial charge >= 0.3 is 12.1 Å². The van der Waals surface area contributed by atoms with Gasteiger partial charge in [-0.3, -0.25) is 9.59 Å². The van der Waals surface area contributed by atoms with Crippen molar-refractivity contribution in [1.29, 1.82) is 0 Å². The summed E-state index contributed by atoms with van der Waals surface area (Å²) in [6.07, 6.45) is -4.58. The Kier molecular flexibility index (Phi) is 5.32. The molecule has 1 aromatic carbocycles. The van der Waals surface area contributed by atoms with Crippen LogP contribution in [0.15, 0.2) is 18.2 Å². The number of rotatable bonds is 3. The molecule has 106 valence electrons. The van der Waals surface area contributed by atoms with Crippen LogP contribution in [0.25, 0.3) is 0 Å². The van der Waals surface area contributed by atoms with Gasteiger partial charge in [-0.05, 0) is 19.1 Å². The highest BCUT2D eigenvalue weighted by Crippen LogP contribution is 2.32. The highest BCUT2D eigenvalue weighted by atomic mass is 19.4. The van der Waals surface area contributed by atoms with Crippen molar-refractivity contribution in [3.8, 4) is 11.8 Å². The minimum absolute atomic E-state index is 0.0896. The lowest BCUT2D eigenvalue weighted by Crippen LogP contribution is -2.08. The summed E-state index contributed by atoms with van der Waals surface area (Å²) in [5, 5.41) is 0. The number of halogens is 3. The molecule has 3 nitrogen and oxygen atoms in total. The molecule has 6 heteroatoms. The van der Waals surface area contributed by atoms with Crippen LogP contribution in [0.4, 0.5) is 13.2 Å². The molecule has 1 rings (SSSR count). The number of carbonyl (C=O) groups is 2. The maximum Gasteiger partial charge on any atom is 0.417 e. The Morgan fingerprint density at radius 2 is 2.10 bits per heavy atom. The van der Waals surface area contributed by atoms with E-state index in [0.717, 1.165) is 12.1 Å². The molecule has 0 aliphatic carbocycles. The van der Waals surface area contributed by atoms with Gasteiger partial charge < -0.3 is 4.74 Å². The van der Waals surface area contributed by atoms with E-state index in [9.17, 15) is 22.8 Å². The minimum Gasteiger partial charge on any atom is -0.465 e. The second-order valence-electron chi connectivity index (χ2n) is 3.70. The zero-order chi connectivity index (χ0) is 15.2. The molecule has 0 unspecified atom stereocenters. The Bertz CT molecular complexity index is 565. The van der Waals surface area contributed by atoms with Gasteiger partial charge in [0, 0.05) is 11.1 Å². The molecule has 1 aromatic rings. The Balaban J connectivity index is 3.04. The molecule has 0 fully saturated rings. The fraction of sp³-hybridized carbons (Fsp3) is 0.286. The van der Waals surface area contributed by atoms with Crippen LogP contribution in [0.5, 0.6) is 0 Å². The molecule has 0 aromatic heterocycles. The number of alkyl halides is 3. The van der Waals surface area contributed by atoms with Gasteiger partial charge in [0.25, 0.3) is 0 Å². The van der Waals surface area contributed by atoms with E-state index in [0.29, 0.717) is 6.29 Å². The third-order valence-corrected chi connectivity index (χ3v) is 2.25. The Morgan fingerprint density at radius 3 is 2.65 bits per heavy atom. The molecule has 0 bridgehead atoms. The molecule has 20 heavy (non-hydrogen) atoms. The monoisotopic (exact) mass is 284 g/mol. The number of hydrogen-bond donors (Lipinski definition) is 0. The van der Waals surface area contributed by atoms with Crippen molar-refractivity contribution < 1.29 is 27.5 Å². The average Bonchev–Trinajstić information content (AvgIpc) is 2.38. The standard InChI is InChI=1S/C14H11F3O3/c1-2-20-13(19)5-3-4-11-7-6-10(9-18)8-12(11)14(15,16)17/h6-9H,2,5H2,1H3. The number of benzene rings is 1. The summed E-state index contributed by atoms with van der Waals surface area (Å²) in [5.74, 6) is 4.00. The van der Waals surface area contributed by atoms with Gasteiger partial charge in [0.1, 0.15) is 12.7 Å². The largest absolute Gasteiger partial charge is 0.465 e. The summed E-state index contributed by atoms with van der Waals surface area (Å²) in [5.41, 5.74) is -1.38. The summed E-state index contributed by atoms with van der Waals surface area (Å²) >= 11 is 0. The molecule has 0 spiro atoms. The van der Waals surface area contributed by atoms with Crippen molar-refractivity contribution in [3.63, 3.8) is 0 Å². The first-order chi connectivity index (χ1) is 9.38. The predicted octanol–water partition coefficient (Wildman–Crippen LogP) is 2.82. The first-order valence-electron chi connectivity index (χ1n) is 5.69. The second kappa shape index (κ2) is 6.75. The molecule has 0 aliphatic rings. The van der Waals surface area contributed by atoms with Gasteiger partial charge in [-0.15, -0.1) is 0 Å². The van der Waals surface area contributed by atoms with E-state index in [-0.39, 0.29) is 24.2 Å². The van der Waals surface area contributed by atoms with Crippen LogP contribution in [-0.4, -0.2) is 18.9 Å². The van der Waals surface area contributed by atoms with Crippen LogP contribution in [0.2, 0.25) is 0 Å². The third kappa shape index (κ3) is 4.43. The van der Waals surface area contributed by atoms with Gasteiger partial charge in [0.2, 0.25) is 0 Å². The molecule has 0 radical (unpaired) electrons. The maximum absolute atomic E-state index is 12.8. The molecule has 0 saturated carbocycles. The molecule has 0 amide bonds. The quantitative estimate of drug-likeness (QED) is 0.487. The second-order valence-corrected chi connectivity index (χ2v) is 3.70. The Labute approximate surface area is 113 Å². The fourth-order valence-corrected chi connectivity index (χ4v) is 1.40. The van der Waals surface area contributed by atoms with Crippen molar-refractivity contribution in [3.05, 3.63) is 34.9 Å². The van der Waals surface area contributed by atoms with Gasteiger partial charge in [-0.1, -0.05) is 17.9 Å². The van der Waals surface area contributed by atoms with Gasteiger partial charge in [0.15, 0.2) is 0 Å². The normalized spacial score (nSPS) is 10.4. The van der Waals surface area contributed by atoms with Crippen LogP contribution in [0.1, 0.15) is 34.8 Å². The molecule has 0 N–H and O–H groups in total. The number of aldehydes is 1. The molecule has 0 atom stereocenters. The maximum atomic E-state index is 12.8. The molecule has 0 aliphatic heterocycles. The first kappa shape index (κ1) is 15.8. The van der Waals surface area contributed by atoms with E-state index in [1.807, 2.05) is 0 Å². The van der Waals surface area contributed by atoms with Gasteiger partial charge in [0.05, 0.1) is 12.2 Å².